The molecule has 1 aromatic heterocycles. The van der Waals surface area contributed by atoms with Gasteiger partial charge in [0.05, 0.1) is 6.61 Å². The molecule has 1 aliphatic heterocycles. The van der Waals surface area contributed by atoms with Gasteiger partial charge in [-0.3, -0.25) is 0 Å². The second-order valence-electron chi connectivity index (χ2n) is 5.31. The van der Waals surface area contributed by atoms with Gasteiger partial charge in [-0.2, -0.15) is 0 Å². The van der Waals surface area contributed by atoms with E-state index in [1.54, 1.807) is 6.20 Å². The van der Waals surface area contributed by atoms with Gasteiger partial charge < -0.3 is 14.9 Å². The molecule has 5 heteroatoms. The van der Waals surface area contributed by atoms with Crippen LogP contribution in [0.5, 0.6) is 0 Å². The number of aliphatic hydroxyl groups is 1. The lowest BCUT2D eigenvalue weighted by Gasteiger charge is -2.30. The van der Waals surface area contributed by atoms with E-state index in [4.69, 9.17) is 0 Å². The summed E-state index contributed by atoms with van der Waals surface area (Å²) in [5.74, 6) is 0.803. The lowest BCUT2D eigenvalue weighted by Crippen LogP contribution is -2.40. The third-order valence-electron chi connectivity index (χ3n) is 3.87. The number of nitrogens with zero attached hydrogens (tertiary/aromatic N) is 4. The second kappa shape index (κ2) is 6.30. The quantitative estimate of drug-likeness (QED) is 0.889. The number of hydrogen-bond donors (Lipinski definition) is 1. The van der Waals surface area contributed by atoms with Crippen LogP contribution >= 0.6 is 0 Å². The zero-order chi connectivity index (χ0) is 13.8. The molecule has 1 fully saturated rings. The summed E-state index contributed by atoms with van der Waals surface area (Å²) in [7, 11) is 2.17. The molecule has 0 bridgehead atoms. The molecule has 0 amide bonds. The molecule has 0 aliphatic carbocycles. The minimum atomic E-state index is 0.00601. The maximum Gasteiger partial charge on any atom is 0.225 e. The van der Waals surface area contributed by atoms with E-state index in [1.807, 2.05) is 6.92 Å². The molecule has 0 aromatic carbocycles. The van der Waals surface area contributed by atoms with Crippen molar-refractivity contribution in [2.45, 2.75) is 39.3 Å². The molecule has 1 saturated heterocycles. The topological polar surface area (TPSA) is 52.5 Å². The summed E-state index contributed by atoms with van der Waals surface area (Å²) < 4.78 is 0. The SMILES string of the molecule is CCC1CN(C)CCCN1c1ncc(CO)c(C)n1. The van der Waals surface area contributed by atoms with E-state index in [1.165, 1.54) is 0 Å². The van der Waals surface area contributed by atoms with Crippen molar-refractivity contribution in [3.05, 3.63) is 17.5 Å². The molecule has 2 heterocycles. The van der Waals surface area contributed by atoms with Gasteiger partial charge in [0, 0.05) is 36.6 Å². The molecule has 0 saturated carbocycles. The van der Waals surface area contributed by atoms with Crippen LogP contribution in [0.2, 0.25) is 0 Å². The Morgan fingerprint density at radius 1 is 1.42 bits per heavy atom. The molecule has 0 spiro atoms. The second-order valence-corrected chi connectivity index (χ2v) is 5.31. The summed E-state index contributed by atoms with van der Waals surface area (Å²) in [6, 6.07) is 0.465. The highest BCUT2D eigenvalue weighted by molar-refractivity contribution is 5.34. The van der Waals surface area contributed by atoms with Gasteiger partial charge in [0.2, 0.25) is 5.95 Å². The summed E-state index contributed by atoms with van der Waals surface area (Å²) in [5, 5.41) is 9.20. The molecule has 5 nitrogen and oxygen atoms in total. The van der Waals surface area contributed by atoms with Crippen molar-refractivity contribution >= 4 is 5.95 Å². The summed E-state index contributed by atoms with van der Waals surface area (Å²) in [6.07, 6.45) is 3.98. The molecular weight excluding hydrogens is 240 g/mol. The molecular formula is C14H24N4O. The van der Waals surface area contributed by atoms with E-state index in [9.17, 15) is 5.11 Å². The lowest BCUT2D eigenvalue weighted by molar-refractivity contribution is 0.280. The zero-order valence-electron chi connectivity index (χ0n) is 12.1. The standard InChI is InChI=1S/C14H24N4O/c1-4-13-9-17(3)6-5-7-18(13)14-15-8-12(10-19)11(2)16-14/h8,13,19H,4-7,9-10H2,1-3H3. The highest BCUT2D eigenvalue weighted by Crippen LogP contribution is 2.19. The Kier molecular flexibility index (Phi) is 4.71. The van der Waals surface area contributed by atoms with Crippen LogP contribution in [0.4, 0.5) is 5.95 Å². The van der Waals surface area contributed by atoms with Gasteiger partial charge in [0.1, 0.15) is 0 Å². The van der Waals surface area contributed by atoms with Crippen LogP contribution in [-0.2, 0) is 6.61 Å². The van der Waals surface area contributed by atoms with Crippen molar-refractivity contribution < 1.29 is 5.11 Å². The Morgan fingerprint density at radius 2 is 2.21 bits per heavy atom. The van der Waals surface area contributed by atoms with E-state index in [0.717, 1.165) is 49.7 Å². The van der Waals surface area contributed by atoms with Crippen LogP contribution < -0.4 is 4.90 Å². The highest BCUT2D eigenvalue weighted by atomic mass is 16.3. The first-order valence-electron chi connectivity index (χ1n) is 7.04. The van der Waals surface area contributed by atoms with E-state index >= 15 is 0 Å². The normalized spacial score (nSPS) is 21.5. The monoisotopic (exact) mass is 264 g/mol. The van der Waals surface area contributed by atoms with Gasteiger partial charge in [0.25, 0.3) is 0 Å². The number of aromatic nitrogens is 2. The van der Waals surface area contributed by atoms with Crippen molar-refractivity contribution in [1.82, 2.24) is 14.9 Å². The average Bonchev–Trinajstić information content (AvgIpc) is 2.60. The average molecular weight is 264 g/mol. The molecule has 0 radical (unpaired) electrons. The summed E-state index contributed by atoms with van der Waals surface area (Å²) in [5.41, 5.74) is 1.68. The summed E-state index contributed by atoms with van der Waals surface area (Å²) in [4.78, 5) is 13.7. The molecule has 1 aliphatic rings. The van der Waals surface area contributed by atoms with Crippen LogP contribution in [0.3, 0.4) is 0 Å². The van der Waals surface area contributed by atoms with Crippen LogP contribution in [0, 0.1) is 6.92 Å². The van der Waals surface area contributed by atoms with E-state index < -0.39 is 0 Å². The van der Waals surface area contributed by atoms with Crippen molar-refractivity contribution in [2.24, 2.45) is 0 Å². The number of rotatable bonds is 3. The molecule has 2 rings (SSSR count). The fourth-order valence-corrected chi connectivity index (χ4v) is 2.63. The first-order chi connectivity index (χ1) is 9.15. The smallest absolute Gasteiger partial charge is 0.225 e. The Balaban J connectivity index is 2.25. The first-order valence-corrected chi connectivity index (χ1v) is 7.04. The molecule has 1 atom stereocenters. The molecule has 19 heavy (non-hydrogen) atoms. The first kappa shape index (κ1) is 14.2. The lowest BCUT2D eigenvalue weighted by atomic mass is 10.2. The zero-order valence-corrected chi connectivity index (χ0v) is 12.1. The third kappa shape index (κ3) is 3.22. The number of aliphatic hydroxyl groups excluding tert-OH is 1. The summed E-state index contributed by atoms with van der Waals surface area (Å²) >= 11 is 0. The van der Waals surface area contributed by atoms with Crippen LogP contribution in [0.1, 0.15) is 31.0 Å². The van der Waals surface area contributed by atoms with Crippen molar-refractivity contribution in [1.29, 1.82) is 0 Å². The predicted octanol–water partition coefficient (Wildman–Crippen LogP) is 1.20. The van der Waals surface area contributed by atoms with Gasteiger partial charge in [-0.1, -0.05) is 6.92 Å². The Labute approximate surface area is 115 Å². The molecule has 1 unspecified atom stereocenters. The van der Waals surface area contributed by atoms with Crippen LogP contribution in [0.15, 0.2) is 6.20 Å². The number of anilines is 1. The largest absolute Gasteiger partial charge is 0.392 e. The molecule has 1 aromatic rings. The fraction of sp³-hybridized carbons (Fsp3) is 0.714. The third-order valence-corrected chi connectivity index (χ3v) is 3.87. The minimum absolute atomic E-state index is 0.00601. The Hall–Kier alpha value is -1.20. The summed E-state index contributed by atoms with van der Waals surface area (Å²) in [6.45, 7) is 7.33. The molecule has 106 valence electrons. The maximum absolute atomic E-state index is 9.20. The maximum atomic E-state index is 9.20. The predicted molar refractivity (Wildman–Crippen MR) is 76.2 cm³/mol. The van der Waals surface area contributed by atoms with E-state index in [2.05, 4.69) is 33.7 Å². The van der Waals surface area contributed by atoms with Gasteiger partial charge in [0.15, 0.2) is 0 Å². The van der Waals surface area contributed by atoms with Crippen LogP contribution in [0.25, 0.3) is 0 Å². The number of likely N-dealkylation sites (N-methyl/N-ethyl adjacent to an activating group) is 1. The Bertz CT molecular complexity index is 424. The van der Waals surface area contributed by atoms with Gasteiger partial charge in [-0.05, 0) is 33.4 Å². The Morgan fingerprint density at radius 3 is 2.84 bits per heavy atom. The molecule has 1 N–H and O–H groups in total. The number of aryl methyl sites for hydroxylation is 1. The minimum Gasteiger partial charge on any atom is -0.392 e. The highest BCUT2D eigenvalue weighted by Gasteiger charge is 2.24. The number of hydrogen-bond acceptors (Lipinski definition) is 5. The van der Waals surface area contributed by atoms with Crippen LogP contribution in [-0.4, -0.2) is 52.7 Å². The van der Waals surface area contributed by atoms with Crippen molar-refractivity contribution in [3.63, 3.8) is 0 Å². The van der Waals surface area contributed by atoms with Crippen molar-refractivity contribution in [3.8, 4) is 0 Å². The van der Waals surface area contributed by atoms with Gasteiger partial charge >= 0.3 is 0 Å². The van der Waals surface area contributed by atoms with Gasteiger partial charge in [-0.25, -0.2) is 9.97 Å². The fourth-order valence-electron chi connectivity index (χ4n) is 2.63. The van der Waals surface area contributed by atoms with Gasteiger partial charge in [-0.15, -0.1) is 0 Å². The van der Waals surface area contributed by atoms with Crippen molar-refractivity contribution in [2.75, 3.05) is 31.6 Å². The van der Waals surface area contributed by atoms with E-state index in [0.29, 0.717) is 6.04 Å². The van der Waals surface area contributed by atoms with E-state index in [-0.39, 0.29) is 6.61 Å².